The maximum absolute atomic E-state index is 13.6. The summed E-state index contributed by atoms with van der Waals surface area (Å²) < 4.78 is 24.5. The summed E-state index contributed by atoms with van der Waals surface area (Å²) in [6, 6.07) is 12.9. The number of methoxy groups -OCH3 is 2. The molecular formula is C23H20ClFN2O3. The Morgan fingerprint density at radius 2 is 1.80 bits per heavy atom. The molecular weight excluding hydrogens is 407 g/mol. The molecule has 1 aliphatic heterocycles. The highest BCUT2D eigenvalue weighted by molar-refractivity contribution is 6.29. The zero-order valence-electron chi connectivity index (χ0n) is 16.6. The molecule has 2 heterocycles. The second-order valence-electron chi connectivity index (χ2n) is 6.98. The highest BCUT2D eigenvalue weighted by atomic mass is 35.5. The number of hydrogen-bond donors (Lipinski definition) is 0. The minimum absolute atomic E-state index is 0.172. The molecule has 0 radical (unpaired) electrons. The van der Waals surface area contributed by atoms with E-state index >= 15 is 0 Å². The number of ether oxygens (including phenoxy) is 2. The van der Waals surface area contributed by atoms with Gasteiger partial charge in [0.2, 0.25) is 0 Å². The topological polar surface area (TPSA) is 51.7 Å². The molecule has 5 nitrogen and oxygen atoms in total. The van der Waals surface area contributed by atoms with Gasteiger partial charge >= 0.3 is 0 Å². The van der Waals surface area contributed by atoms with Gasteiger partial charge in [-0.15, -0.1) is 0 Å². The lowest BCUT2D eigenvalue weighted by molar-refractivity contribution is 0.0693. The highest BCUT2D eigenvalue weighted by Crippen LogP contribution is 2.41. The molecule has 30 heavy (non-hydrogen) atoms. The molecule has 0 unspecified atom stereocenters. The predicted molar refractivity (Wildman–Crippen MR) is 112 cm³/mol. The number of halogens is 2. The lowest BCUT2D eigenvalue weighted by atomic mass is 9.87. The number of rotatable bonds is 4. The van der Waals surface area contributed by atoms with Crippen molar-refractivity contribution < 1.29 is 18.7 Å². The molecule has 0 aliphatic carbocycles. The van der Waals surface area contributed by atoms with Crippen LogP contribution >= 0.6 is 11.6 Å². The zero-order valence-corrected chi connectivity index (χ0v) is 17.3. The van der Waals surface area contributed by atoms with Crippen molar-refractivity contribution in [3.05, 3.63) is 88.0 Å². The van der Waals surface area contributed by atoms with Crippen molar-refractivity contribution in [2.75, 3.05) is 20.8 Å². The zero-order chi connectivity index (χ0) is 21.3. The van der Waals surface area contributed by atoms with Crippen molar-refractivity contribution in [3.8, 4) is 11.5 Å². The third kappa shape index (κ3) is 3.71. The van der Waals surface area contributed by atoms with Crippen molar-refractivity contribution in [3.63, 3.8) is 0 Å². The average Bonchev–Trinajstić information content (AvgIpc) is 2.78. The molecule has 4 rings (SSSR count). The van der Waals surface area contributed by atoms with Crippen LogP contribution in [-0.2, 0) is 6.42 Å². The van der Waals surface area contributed by atoms with Gasteiger partial charge in [-0.25, -0.2) is 9.37 Å². The number of aromatic nitrogens is 1. The lowest BCUT2D eigenvalue weighted by Crippen LogP contribution is -2.40. The Kier molecular flexibility index (Phi) is 5.59. The Bertz CT molecular complexity index is 1070. The van der Waals surface area contributed by atoms with Gasteiger partial charge in [0.05, 0.1) is 25.8 Å². The molecule has 154 valence electrons. The first kappa shape index (κ1) is 20.2. The summed E-state index contributed by atoms with van der Waals surface area (Å²) in [6.45, 7) is 0.492. The maximum Gasteiger partial charge on any atom is 0.256 e. The van der Waals surface area contributed by atoms with E-state index in [4.69, 9.17) is 21.1 Å². The fourth-order valence-electron chi connectivity index (χ4n) is 3.84. The van der Waals surface area contributed by atoms with Crippen LogP contribution in [0, 0.1) is 5.82 Å². The largest absolute Gasteiger partial charge is 0.493 e. The molecule has 0 N–H and O–H groups in total. The minimum Gasteiger partial charge on any atom is -0.493 e. The highest BCUT2D eigenvalue weighted by Gasteiger charge is 2.34. The Hall–Kier alpha value is -3.12. The van der Waals surface area contributed by atoms with Crippen LogP contribution in [0.4, 0.5) is 4.39 Å². The van der Waals surface area contributed by atoms with Crippen molar-refractivity contribution in [2.45, 2.75) is 12.5 Å². The molecule has 1 amide bonds. The van der Waals surface area contributed by atoms with E-state index in [1.165, 1.54) is 18.3 Å². The Labute approximate surface area is 179 Å². The van der Waals surface area contributed by atoms with Gasteiger partial charge in [-0.3, -0.25) is 4.79 Å². The molecule has 0 fully saturated rings. The third-order valence-electron chi connectivity index (χ3n) is 5.29. The first-order valence-electron chi connectivity index (χ1n) is 9.44. The summed E-state index contributed by atoms with van der Waals surface area (Å²) >= 11 is 5.87. The van der Waals surface area contributed by atoms with Gasteiger partial charge in [-0.05, 0) is 59.5 Å². The van der Waals surface area contributed by atoms with Gasteiger partial charge < -0.3 is 14.4 Å². The predicted octanol–water partition coefficient (Wildman–Crippen LogP) is 4.68. The molecule has 1 atom stereocenters. The molecule has 3 aromatic rings. The summed E-state index contributed by atoms with van der Waals surface area (Å²) in [5.74, 6) is 0.706. The second-order valence-corrected chi connectivity index (χ2v) is 7.37. The molecule has 1 aliphatic rings. The first-order valence-corrected chi connectivity index (χ1v) is 9.82. The number of nitrogens with zero attached hydrogens (tertiary/aromatic N) is 2. The summed E-state index contributed by atoms with van der Waals surface area (Å²) in [5.41, 5.74) is 3.22. The molecule has 7 heteroatoms. The Balaban J connectivity index is 1.84. The van der Waals surface area contributed by atoms with Crippen LogP contribution in [-0.4, -0.2) is 36.6 Å². The number of fused-ring (bicyclic) bond motifs is 1. The number of hydrogen-bond acceptors (Lipinski definition) is 4. The van der Waals surface area contributed by atoms with Crippen LogP contribution in [0.3, 0.4) is 0 Å². The van der Waals surface area contributed by atoms with Crippen molar-refractivity contribution in [1.82, 2.24) is 9.88 Å². The summed E-state index contributed by atoms with van der Waals surface area (Å²) in [4.78, 5) is 19.2. The molecule has 0 spiro atoms. The van der Waals surface area contributed by atoms with E-state index in [1.54, 1.807) is 43.4 Å². The van der Waals surface area contributed by atoms with Crippen LogP contribution in [0.1, 0.15) is 33.1 Å². The van der Waals surface area contributed by atoms with E-state index in [2.05, 4.69) is 4.98 Å². The first-order chi connectivity index (χ1) is 14.5. The van der Waals surface area contributed by atoms with Crippen LogP contribution in [0.15, 0.2) is 54.7 Å². The molecule has 0 saturated heterocycles. The number of carbonyl (C=O) groups excluding carboxylic acids is 1. The Morgan fingerprint density at radius 1 is 1.10 bits per heavy atom. The third-order valence-corrected chi connectivity index (χ3v) is 5.52. The number of pyridine rings is 1. The monoisotopic (exact) mass is 426 g/mol. The molecule has 2 aromatic carbocycles. The molecule has 0 bridgehead atoms. The van der Waals surface area contributed by atoms with Gasteiger partial charge in [-0.2, -0.15) is 0 Å². The van der Waals surface area contributed by atoms with E-state index in [-0.39, 0.29) is 11.7 Å². The van der Waals surface area contributed by atoms with E-state index in [0.29, 0.717) is 35.2 Å². The van der Waals surface area contributed by atoms with Gasteiger partial charge in [0.25, 0.3) is 5.91 Å². The summed E-state index contributed by atoms with van der Waals surface area (Å²) in [7, 11) is 3.16. The van der Waals surface area contributed by atoms with Crippen LogP contribution < -0.4 is 9.47 Å². The van der Waals surface area contributed by atoms with E-state index in [9.17, 15) is 9.18 Å². The fourth-order valence-corrected chi connectivity index (χ4v) is 3.95. The van der Waals surface area contributed by atoms with E-state index < -0.39 is 6.04 Å². The molecule has 1 aromatic heterocycles. The SMILES string of the molecule is COc1cc2c(cc1OC)[C@H](c1ccc(F)cc1)N(C(=O)c1ccc(Cl)nc1)CC2. The average molecular weight is 427 g/mol. The lowest BCUT2D eigenvalue weighted by Gasteiger charge is -2.38. The number of benzene rings is 2. The quantitative estimate of drug-likeness (QED) is 0.568. The van der Waals surface area contributed by atoms with Crippen LogP contribution in [0.5, 0.6) is 11.5 Å². The normalized spacial score (nSPS) is 15.5. The maximum atomic E-state index is 13.6. The standard InChI is InChI=1S/C23H20ClFN2O3/c1-29-19-11-15-9-10-27(23(28)16-5-8-21(24)26-13-16)22(18(15)12-20(19)30-2)14-3-6-17(25)7-4-14/h3-8,11-13,22H,9-10H2,1-2H3/t22-/m0/s1. The second kappa shape index (κ2) is 8.32. The van der Waals surface area contributed by atoms with Crippen molar-refractivity contribution in [1.29, 1.82) is 0 Å². The van der Waals surface area contributed by atoms with E-state index in [0.717, 1.165) is 16.7 Å². The fraction of sp³-hybridized carbons (Fsp3) is 0.217. The van der Waals surface area contributed by atoms with Crippen LogP contribution in [0.25, 0.3) is 0 Å². The van der Waals surface area contributed by atoms with Gasteiger partial charge in [0.15, 0.2) is 11.5 Å². The van der Waals surface area contributed by atoms with E-state index in [1.807, 2.05) is 12.1 Å². The summed E-state index contributed by atoms with van der Waals surface area (Å²) in [5, 5.41) is 0.322. The van der Waals surface area contributed by atoms with Crippen LogP contribution in [0.2, 0.25) is 5.15 Å². The number of amides is 1. The van der Waals surface area contributed by atoms with Crippen molar-refractivity contribution >= 4 is 17.5 Å². The Morgan fingerprint density at radius 3 is 2.43 bits per heavy atom. The number of carbonyl (C=O) groups is 1. The van der Waals surface area contributed by atoms with Gasteiger partial charge in [0.1, 0.15) is 11.0 Å². The summed E-state index contributed by atoms with van der Waals surface area (Å²) in [6.07, 6.45) is 2.12. The smallest absolute Gasteiger partial charge is 0.256 e. The van der Waals surface area contributed by atoms with Crippen molar-refractivity contribution in [2.24, 2.45) is 0 Å². The van der Waals surface area contributed by atoms with Gasteiger partial charge in [-0.1, -0.05) is 23.7 Å². The minimum atomic E-state index is -0.405. The van der Waals surface area contributed by atoms with Gasteiger partial charge in [0, 0.05) is 12.7 Å². The molecule has 0 saturated carbocycles.